The summed E-state index contributed by atoms with van der Waals surface area (Å²) in [5.41, 5.74) is 5.07. The molecule has 2 N–H and O–H groups in total. The first-order valence-electron chi connectivity index (χ1n) is 10.3. The third-order valence-corrected chi connectivity index (χ3v) is 5.07. The Morgan fingerprint density at radius 1 is 0.652 bits per heavy atom. The van der Waals surface area contributed by atoms with E-state index in [1.54, 1.807) is 0 Å². The van der Waals surface area contributed by atoms with Gasteiger partial charge in [-0.1, -0.05) is 117 Å². The van der Waals surface area contributed by atoms with Gasteiger partial charge in [0.15, 0.2) is 0 Å². The fourth-order valence-corrected chi connectivity index (χ4v) is 3.06. The fourth-order valence-electron chi connectivity index (χ4n) is 3.06. The minimum Gasteiger partial charge on any atom is -0.369 e. The first-order chi connectivity index (χ1) is 11.0. The highest BCUT2D eigenvalue weighted by Crippen LogP contribution is 2.23. The van der Waals surface area contributed by atoms with Gasteiger partial charge in [0.05, 0.1) is 0 Å². The first kappa shape index (κ1) is 22.5. The van der Waals surface area contributed by atoms with Gasteiger partial charge >= 0.3 is 0 Å². The van der Waals surface area contributed by atoms with Crippen molar-refractivity contribution in [1.29, 1.82) is 0 Å². The van der Waals surface area contributed by atoms with Crippen LogP contribution in [0.2, 0.25) is 0 Å². The van der Waals surface area contributed by atoms with Crippen molar-refractivity contribution in [3.05, 3.63) is 0 Å². The average molecular weight is 326 g/mol. The van der Waals surface area contributed by atoms with Crippen LogP contribution in [-0.4, -0.2) is 5.91 Å². The molecule has 0 radical (unpaired) electrons. The molecule has 23 heavy (non-hydrogen) atoms. The normalized spacial score (nSPS) is 11.8. The molecule has 0 aliphatic rings. The quantitative estimate of drug-likeness (QED) is 0.295. The van der Waals surface area contributed by atoms with E-state index in [-0.39, 0.29) is 11.3 Å². The molecule has 0 aromatic heterocycles. The van der Waals surface area contributed by atoms with Crippen LogP contribution < -0.4 is 5.73 Å². The zero-order chi connectivity index (χ0) is 17.4. The number of carbonyl (C=O) groups excluding carboxylic acids is 1. The summed E-state index contributed by atoms with van der Waals surface area (Å²) in [7, 11) is 0. The summed E-state index contributed by atoms with van der Waals surface area (Å²) in [4.78, 5) is 11.2. The van der Waals surface area contributed by atoms with Crippen LogP contribution in [0.4, 0.5) is 0 Å². The highest BCUT2D eigenvalue weighted by molar-refractivity contribution is 5.79. The summed E-state index contributed by atoms with van der Waals surface area (Å²) in [6, 6.07) is 0. The van der Waals surface area contributed by atoms with Crippen molar-refractivity contribution >= 4 is 5.91 Å². The number of nitrogens with two attached hydrogens (primary N) is 1. The maximum absolute atomic E-state index is 11.2. The highest BCUT2D eigenvalue weighted by Gasteiger charge is 2.23. The molecule has 0 aromatic rings. The van der Waals surface area contributed by atoms with Crippen LogP contribution in [0.5, 0.6) is 0 Å². The van der Waals surface area contributed by atoms with Gasteiger partial charge in [-0.3, -0.25) is 4.79 Å². The highest BCUT2D eigenvalue weighted by atomic mass is 16.1. The lowest BCUT2D eigenvalue weighted by Crippen LogP contribution is -2.31. The van der Waals surface area contributed by atoms with E-state index >= 15 is 0 Å². The van der Waals surface area contributed by atoms with Gasteiger partial charge in [-0.2, -0.15) is 0 Å². The van der Waals surface area contributed by atoms with Crippen LogP contribution in [-0.2, 0) is 4.79 Å². The van der Waals surface area contributed by atoms with Crippen LogP contribution in [0.25, 0.3) is 0 Å². The van der Waals surface area contributed by atoms with Crippen molar-refractivity contribution in [1.82, 2.24) is 0 Å². The second-order valence-corrected chi connectivity index (χ2v) is 7.95. The summed E-state index contributed by atoms with van der Waals surface area (Å²) in [5, 5.41) is 0. The van der Waals surface area contributed by atoms with E-state index < -0.39 is 0 Å². The SMILES string of the molecule is CCCCCCCCCCCCCCCCCC(C)(C)C(N)=O. The van der Waals surface area contributed by atoms with Gasteiger partial charge in [-0.05, 0) is 6.42 Å². The minimum absolute atomic E-state index is 0.164. The Labute approximate surface area is 146 Å². The number of unbranched alkanes of at least 4 members (excludes halogenated alkanes) is 14. The Balaban J connectivity index is 3.15. The van der Waals surface area contributed by atoms with Crippen molar-refractivity contribution in [2.24, 2.45) is 11.1 Å². The minimum atomic E-state index is -0.323. The second-order valence-electron chi connectivity index (χ2n) is 7.95. The molecular formula is C21H43NO. The van der Waals surface area contributed by atoms with Crippen LogP contribution in [0.1, 0.15) is 124 Å². The molecule has 0 atom stereocenters. The lowest BCUT2D eigenvalue weighted by molar-refractivity contribution is -0.126. The third kappa shape index (κ3) is 14.8. The van der Waals surface area contributed by atoms with Crippen molar-refractivity contribution in [2.75, 3.05) is 0 Å². The van der Waals surface area contributed by atoms with E-state index in [4.69, 9.17) is 5.73 Å². The molecule has 0 spiro atoms. The van der Waals surface area contributed by atoms with Crippen LogP contribution in [0, 0.1) is 5.41 Å². The maximum Gasteiger partial charge on any atom is 0.223 e. The van der Waals surface area contributed by atoms with Crippen molar-refractivity contribution in [3.8, 4) is 0 Å². The Kier molecular flexibility index (Phi) is 14.7. The Morgan fingerprint density at radius 3 is 1.26 bits per heavy atom. The summed E-state index contributed by atoms with van der Waals surface area (Å²) in [5.74, 6) is -0.164. The van der Waals surface area contributed by atoms with Crippen LogP contribution in [0.3, 0.4) is 0 Å². The van der Waals surface area contributed by atoms with E-state index in [1.807, 2.05) is 13.8 Å². The van der Waals surface area contributed by atoms with E-state index in [1.165, 1.54) is 89.9 Å². The summed E-state index contributed by atoms with van der Waals surface area (Å²) in [6.07, 6.45) is 21.6. The predicted molar refractivity (Wildman–Crippen MR) is 103 cm³/mol. The topological polar surface area (TPSA) is 43.1 Å². The van der Waals surface area contributed by atoms with E-state index in [2.05, 4.69) is 6.92 Å². The molecule has 0 saturated carbocycles. The number of amides is 1. The molecule has 2 nitrogen and oxygen atoms in total. The molecular weight excluding hydrogens is 282 g/mol. The lowest BCUT2D eigenvalue weighted by atomic mass is 9.86. The van der Waals surface area contributed by atoms with Gasteiger partial charge in [0, 0.05) is 5.41 Å². The maximum atomic E-state index is 11.2. The van der Waals surface area contributed by atoms with Gasteiger partial charge in [0.1, 0.15) is 0 Å². The van der Waals surface area contributed by atoms with Crippen molar-refractivity contribution in [2.45, 2.75) is 124 Å². The molecule has 0 fully saturated rings. The Morgan fingerprint density at radius 2 is 0.957 bits per heavy atom. The molecule has 0 heterocycles. The molecule has 0 rings (SSSR count). The molecule has 1 amide bonds. The van der Waals surface area contributed by atoms with E-state index in [9.17, 15) is 4.79 Å². The molecule has 0 bridgehead atoms. The molecule has 0 saturated heterocycles. The van der Waals surface area contributed by atoms with Crippen LogP contribution in [0.15, 0.2) is 0 Å². The summed E-state index contributed by atoms with van der Waals surface area (Å²) in [6.45, 7) is 6.19. The van der Waals surface area contributed by atoms with Crippen LogP contribution >= 0.6 is 0 Å². The number of hydrogen-bond donors (Lipinski definition) is 1. The zero-order valence-electron chi connectivity index (χ0n) is 16.3. The van der Waals surface area contributed by atoms with Gasteiger partial charge in [0.2, 0.25) is 5.91 Å². The third-order valence-electron chi connectivity index (χ3n) is 5.07. The largest absolute Gasteiger partial charge is 0.369 e. The van der Waals surface area contributed by atoms with Crippen molar-refractivity contribution in [3.63, 3.8) is 0 Å². The fraction of sp³-hybridized carbons (Fsp3) is 0.952. The number of carbonyl (C=O) groups is 1. The van der Waals surface area contributed by atoms with Gasteiger partial charge in [-0.25, -0.2) is 0 Å². The Hall–Kier alpha value is -0.530. The molecule has 0 unspecified atom stereocenters. The molecule has 2 heteroatoms. The summed E-state index contributed by atoms with van der Waals surface area (Å²) >= 11 is 0. The molecule has 0 aliphatic heterocycles. The lowest BCUT2D eigenvalue weighted by Gasteiger charge is -2.19. The first-order valence-corrected chi connectivity index (χ1v) is 10.3. The predicted octanol–water partition coefficient (Wildman–Crippen LogP) is 6.76. The average Bonchev–Trinajstić information content (AvgIpc) is 2.51. The second kappa shape index (κ2) is 15.0. The van der Waals surface area contributed by atoms with Gasteiger partial charge in [-0.15, -0.1) is 0 Å². The number of primary amides is 1. The number of rotatable bonds is 17. The standard InChI is InChI=1S/C21H43NO/c1-4-5-6-7-8-9-10-11-12-13-14-15-16-17-18-19-21(2,3)20(22)23/h4-19H2,1-3H3,(H2,22,23). The van der Waals surface area contributed by atoms with Gasteiger partial charge < -0.3 is 5.73 Å². The number of hydrogen-bond acceptors (Lipinski definition) is 1. The summed E-state index contributed by atoms with van der Waals surface area (Å²) < 4.78 is 0. The van der Waals surface area contributed by atoms with E-state index in [0.29, 0.717) is 0 Å². The van der Waals surface area contributed by atoms with E-state index in [0.717, 1.165) is 12.8 Å². The molecule has 0 aromatic carbocycles. The van der Waals surface area contributed by atoms with Crippen molar-refractivity contribution < 1.29 is 4.79 Å². The molecule has 0 aliphatic carbocycles. The van der Waals surface area contributed by atoms with Gasteiger partial charge in [0.25, 0.3) is 0 Å². The smallest absolute Gasteiger partial charge is 0.223 e. The molecule has 138 valence electrons. The Bertz CT molecular complexity index is 273. The zero-order valence-corrected chi connectivity index (χ0v) is 16.3. The monoisotopic (exact) mass is 325 g/mol.